The summed E-state index contributed by atoms with van der Waals surface area (Å²) in [6.07, 6.45) is 6.78. The van der Waals surface area contributed by atoms with Crippen molar-refractivity contribution in [2.75, 3.05) is 39.9 Å². The molecule has 4 atom stereocenters. The van der Waals surface area contributed by atoms with E-state index in [9.17, 15) is 5.11 Å². The van der Waals surface area contributed by atoms with Gasteiger partial charge in [-0.1, -0.05) is 19.8 Å². The highest BCUT2D eigenvalue weighted by Crippen LogP contribution is 2.32. The van der Waals surface area contributed by atoms with Crippen LogP contribution in [0, 0.1) is 11.8 Å². The van der Waals surface area contributed by atoms with E-state index in [0.29, 0.717) is 6.04 Å². The third-order valence-electron chi connectivity index (χ3n) is 5.08. The van der Waals surface area contributed by atoms with Crippen molar-refractivity contribution in [3.63, 3.8) is 0 Å². The monoisotopic (exact) mass is 284 g/mol. The fourth-order valence-corrected chi connectivity index (χ4v) is 4.00. The normalized spacial score (nSPS) is 36.1. The molecule has 4 heteroatoms. The Hall–Kier alpha value is -0.160. The van der Waals surface area contributed by atoms with Crippen molar-refractivity contribution in [3.8, 4) is 0 Å². The second-order valence-electron chi connectivity index (χ2n) is 6.56. The lowest BCUT2D eigenvalue weighted by Gasteiger charge is -2.41. The fourth-order valence-electron chi connectivity index (χ4n) is 4.00. The maximum Gasteiger partial charge on any atom is 0.0932 e. The van der Waals surface area contributed by atoms with E-state index in [0.717, 1.165) is 38.1 Å². The van der Waals surface area contributed by atoms with Crippen LogP contribution in [-0.2, 0) is 4.74 Å². The fraction of sp³-hybridized carbons (Fsp3) is 1.00. The maximum atomic E-state index is 9.26. The Morgan fingerprint density at radius 2 is 2.20 bits per heavy atom. The molecule has 0 amide bonds. The molecule has 0 radical (unpaired) electrons. The van der Waals surface area contributed by atoms with Crippen LogP contribution in [0.25, 0.3) is 0 Å². The number of hydrogen-bond acceptors (Lipinski definition) is 4. The number of nitrogens with zero attached hydrogens (tertiary/aromatic N) is 1. The Kier molecular flexibility index (Phi) is 6.75. The second kappa shape index (κ2) is 8.32. The summed E-state index contributed by atoms with van der Waals surface area (Å²) in [6.45, 7) is 6.28. The number of aliphatic hydroxyl groups excluding tert-OH is 1. The first-order chi connectivity index (χ1) is 9.76. The maximum absolute atomic E-state index is 9.26. The molecule has 1 aliphatic carbocycles. The lowest BCUT2D eigenvalue weighted by atomic mass is 9.76. The van der Waals surface area contributed by atoms with Crippen LogP contribution in [0.2, 0.25) is 0 Å². The van der Waals surface area contributed by atoms with E-state index < -0.39 is 0 Å². The van der Waals surface area contributed by atoms with Gasteiger partial charge in [-0.2, -0.15) is 0 Å². The molecule has 1 heterocycles. The minimum Gasteiger partial charge on any atom is -0.394 e. The lowest BCUT2D eigenvalue weighted by Crippen LogP contribution is -2.50. The van der Waals surface area contributed by atoms with Gasteiger partial charge in [-0.05, 0) is 38.1 Å². The third-order valence-corrected chi connectivity index (χ3v) is 5.08. The molecule has 2 rings (SSSR count). The van der Waals surface area contributed by atoms with Gasteiger partial charge < -0.3 is 15.2 Å². The zero-order valence-electron chi connectivity index (χ0n) is 13.2. The predicted octanol–water partition coefficient (Wildman–Crippen LogP) is 1.48. The molecule has 0 aromatic heterocycles. The summed E-state index contributed by atoms with van der Waals surface area (Å²) < 4.78 is 5.55. The number of nitrogens with one attached hydrogen (secondary N) is 1. The van der Waals surface area contributed by atoms with Gasteiger partial charge >= 0.3 is 0 Å². The number of ether oxygens (including phenoxy) is 1. The van der Waals surface area contributed by atoms with Crippen LogP contribution in [0.4, 0.5) is 0 Å². The Balaban J connectivity index is 1.86. The average Bonchev–Trinajstić information content (AvgIpc) is 2.48. The summed E-state index contributed by atoms with van der Waals surface area (Å²) in [5, 5.41) is 12.8. The van der Waals surface area contributed by atoms with E-state index >= 15 is 0 Å². The van der Waals surface area contributed by atoms with Gasteiger partial charge in [-0.25, -0.2) is 0 Å². The van der Waals surface area contributed by atoms with Crippen molar-refractivity contribution >= 4 is 0 Å². The van der Waals surface area contributed by atoms with E-state index in [1.54, 1.807) is 0 Å². The number of rotatable bonds is 6. The van der Waals surface area contributed by atoms with Gasteiger partial charge in [-0.15, -0.1) is 0 Å². The topological polar surface area (TPSA) is 44.7 Å². The van der Waals surface area contributed by atoms with Gasteiger partial charge in [0, 0.05) is 25.7 Å². The molecule has 4 unspecified atom stereocenters. The summed E-state index contributed by atoms with van der Waals surface area (Å²) in [6, 6.07) is 0.665. The zero-order chi connectivity index (χ0) is 14.4. The molecule has 0 aromatic rings. The lowest BCUT2D eigenvalue weighted by molar-refractivity contribution is -0.0592. The van der Waals surface area contributed by atoms with Crippen LogP contribution in [0.5, 0.6) is 0 Å². The predicted molar refractivity (Wildman–Crippen MR) is 81.9 cm³/mol. The van der Waals surface area contributed by atoms with E-state index in [1.807, 2.05) is 0 Å². The van der Waals surface area contributed by atoms with Crippen LogP contribution in [0.1, 0.15) is 39.0 Å². The zero-order valence-corrected chi connectivity index (χ0v) is 13.2. The van der Waals surface area contributed by atoms with Gasteiger partial charge in [0.1, 0.15) is 0 Å². The van der Waals surface area contributed by atoms with Gasteiger partial charge in [0.15, 0.2) is 0 Å². The molecule has 0 bridgehead atoms. The van der Waals surface area contributed by atoms with Crippen molar-refractivity contribution in [1.82, 2.24) is 10.2 Å². The average molecular weight is 284 g/mol. The van der Waals surface area contributed by atoms with Gasteiger partial charge in [0.05, 0.1) is 19.3 Å². The van der Waals surface area contributed by atoms with Gasteiger partial charge in [-0.3, -0.25) is 4.90 Å². The quantitative estimate of drug-likeness (QED) is 0.775. The minimum atomic E-state index is 0.0202. The standard InChI is InChI=1S/C16H32N2O2/c1-3-4-13-5-6-16(17-2)14(9-13)10-18-7-8-20-15(11-18)12-19/h13-17,19H,3-12H2,1-2H3. The molecular weight excluding hydrogens is 252 g/mol. The molecular formula is C16H32N2O2. The summed E-state index contributed by atoms with van der Waals surface area (Å²) in [5.74, 6) is 1.67. The molecule has 1 aliphatic heterocycles. The summed E-state index contributed by atoms with van der Waals surface area (Å²) in [7, 11) is 2.10. The molecule has 0 spiro atoms. The molecule has 2 aliphatic rings. The first-order valence-corrected chi connectivity index (χ1v) is 8.38. The minimum absolute atomic E-state index is 0.0202. The summed E-state index contributed by atoms with van der Waals surface area (Å²) in [4.78, 5) is 2.49. The van der Waals surface area contributed by atoms with E-state index in [-0.39, 0.29) is 12.7 Å². The van der Waals surface area contributed by atoms with Crippen molar-refractivity contribution in [2.45, 2.75) is 51.2 Å². The Morgan fingerprint density at radius 1 is 1.35 bits per heavy atom. The number of hydrogen-bond donors (Lipinski definition) is 2. The molecule has 2 N–H and O–H groups in total. The second-order valence-corrected chi connectivity index (χ2v) is 6.56. The van der Waals surface area contributed by atoms with Crippen molar-refractivity contribution in [3.05, 3.63) is 0 Å². The largest absolute Gasteiger partial charge is 0.394 e. The van der Waals surface area contributed by atoms with E-state index in [2.05, 4.69) is 24.2 Å². The van der Waals surface area contributed by atoms with Crippen LogP contribution in [0.3, 0.4) is 0 Å². The van der Waals surface area contributed by atoms with Crippen molar-refractivity contribution in [2.24, 2.45) is 11.8 Å². The van der Waals surface area contributed by atoms with E-state index in [4.69, 9.17) is 4.74 Å². The molecule has 20 heavy (non-hydrogen) atoms. The smallest absolute Gasteiger partial charge is 0.0932 e. The SMILES string of the molecule is CCCC1CCC(NC)C(CN2CCOC(CO)C2)C1. The number of aliphatic hydroxyl groups is 1. The molecule has 1 saturated carbocycles. The van der Waals surface area contributed by atoms with Gasteiger partial charge in [0.2, 0.25) is 0 Å². The third kappa shape index (κ3) is 4.42. The van der Waals surface area contributed by atoms with Crippen molar-refractivity contribution in [1.29, 1.82) is 0 Å². The highest BCUT2D eigenvalue weighted by molar-refractivity contribution is 4.87. The molecule has 0 aromatic carbocycles. The van der Waals surface area contributed by atoms with Crippen LogP contribution in [0.15, 0.2) is 0 Å². The first kappa shape index (κ1) is 16.2. The summed E-state index contributed by atoms with van der Waals surface area (Å²) >= 11 is 0. The Bertz CT molecular complexity index is 275. The number of morpholine rings is 1. The Morgan fingerprint density at radius 3 is 2.90 bits per heavy atom. The van der Waals surface area contributed by atoms with Crippen molar-refractivity contribution < 1.29 is 9.84 Å². The highest BCUT2D eigenvalue weighted by atomic mass is 16.5. The molecule has 4 nitrogen and oxygen atoms in total. The van der Waals surface area contributed by atoms with Crippen LogP contribution in [-0.4, -0.2) is 62.0 Å². The Labute approximate surface area is 123 Å². The summed E-state index contributed by atoms with van der Waals surface area (Å²) in [5.41, 5.74) is 0. The first-order valence-electron chi connectivity index (χ1n) is 8.38. The molecule has 2 fully saturated rings. The molecule has 1 saturated heterocycles. The van der Waals surface area contributed by atoms with E-state index in [1.165, 1.54) is 32.1 Å². The highest BCUT2D eigenvalue weighted by Gasteiger charge is 2.31. The van der Waals surface area contributed by atoms with Crippen LogP contribution >= 0.6 is 0 Å². The molecule has 118 valence electrons. The van der Waals surface area contributed by atoms with Gasteiger partial charge in [0.25, 0.3) is 0 Å². The van der Waals surface area contributed by atoms with Crippen LogP contribution < -0.4 is 5.32 Å².